The van der Waals surface area contributed by atoms with E-state index in [0.29, 0.717) is 11.0 Å². The lowest BCUT2D eigenvalue weighted by Crippen LogP contribution is -2.45. The number of fused-ring (bicyclic) bond motifs is 2. The molecule has 0 amide bonds. The number of benzene rings is 1. The molecule has 4 heterocycles. The molecule has 1 saturated heterocycles. The van der Waals surface area contributed by atoms with Gasteiger partial charge in [-0.3, -0.25) is 5.10 Å². The fraction of sp³-hybridized carbons (Fsp3) is 0.318. The Balaban J connectivity index is 1.14. The van der Waals surface area contributed by atoms with Gasteiger partial charge in [0.2, 0.25) is 5.95 Å². The van der Waals surface area contributed by atoms with E-state index in [1.54, 1.807) is 12.4 Å². The largest absolute Gasteiger partial charge is 0.339 e. The predicted octanol–water partition coefficient (Wildman–Crippen LogP) is 3.14. The van der Waals surface area contributed by atoms with Gasteiger partial charge in [0.05, 0.1) is 11.6 Å². The first-order valence-corrected chi connectivity index (χ1v) is 11.3. The maximum absolute atomic E-state index is 6.69. The zero-order valence-electron chi connectivity index (χ0n) is 16.9. The number of aromatic nitrogens is 6. The van der Waals surface area contributed by atoms with Crippen LogP contribution in [0.2, 0.25) is 0 Å². The Kier molecular flexibility index (Phi) is 4.39. The van der Waals surface area contributed by atoms with Crippen molar-refractivity contribution in [3.63, 3.8) is 0 Å². The summed E-state index contributed by atoms with van der Waals surface area (Å²) in [5, 5.41) is 18.5. The second-order valence-corrected chi connectivity index (χ2v) is 9.34. The summed E-state index contributed by atoms with van der Waals surface area (Å²) in [7, 11) is 0. The molecule has 0 bridgehead atoms. The van der Waals surface area contributed by atoms with Gasteiger partial charge in [-0.1, -0.05) is 24.3 Å². The van der Waals surface area contributed by atoms with Gasteiger partial charge in [-0.05, 0) is 59.7 Å². The van der Waals surface area contributed by atoms with Crippen LogP contribution in [0.3, 0.4) is 0 Å². The number of pyridine rings is 1. The zero-order valence-corrected chi connectivity index (χ0v) is 17.7. The molecular weight excluding hydrogens is 408 g/mol. The van der Waals surface area contributed by atoms with E-state index in [2.05, 4.69) is 59.5 Å². The number of nitrogens with zero attached hydrogens (tertiary/aromatic N) is 6. The summed E-state index contributed by atoms with van der Waals surface area (Å²) >= 11 is 1.43. The molecule has 0 radical (unpaired) electrons. The molecule has 1 spiro atoms. The van der Waals surface area contributed by atoms with E-state index in [0.717, 1.165) is 48.4 Å². The number of nitrogens with two attached hydrogens (primary N) is 1. The van der Waals surface area contributed by atoms with Crippen LogP contribution in [-0.2, 0) is 6.42 Å². The molecule has 31 heavy (non-hydrogen) atoms. The molecule has 3 N–H and O–H groups in total. The quantitative estimate of drug-likeness (QED) is 0.510. The van der Waals surface area contributed by atoms with Crippen molar-refractivity contribution in [3.05, 3.63) is 59.9 Å². The van der Waals surface area contributed by atoms with E-state index in [4.69, 9.17) is 5.73 Å². The Morgan fingerprint density at radius 3 is 2.74 bits per heavy atom. The standard InChI is InChI=1S/C22H22N8S/c23-18-15-5-2-1-4-14(15)12-22(18)7-10-30(11-8-22)21-25-13-17(26-29-21)31-20-16-6-3-9-24-19(16)27-28-20/h1-6,9,13,18H,7-8,10-12,23H2,(H,24,27,28)/t18-/m1/s1. The van der Waals surface area contributed by atoms with Crippen molar-refractivity contribution in [1.82, 2.24) is 30.4 Å². The van der Waals surface area contributed by atoms with Gasteiger partial charge in [0.25, 0.3) is 0 Å². The van der Waals surface area contributed by atoms with Crippen molar-refractivity contribution < 1.29 is 0 Å². The molecule has 1 atom stereocenters. The molecule has 9 heteroatoms. The number of anilines is 1. The average Bonchev–Trinajstić information content (AvgIpc) is 3.34. The molecule has 1 aliphatic carbocycles. The Hall–Kier alpha value is -3.04. The molecule has 6 rings (SSSR count). The van der Waals surface area contributed by atoms with Crippen molar-refractivity contribution in [1.29, 1.82) is 0 Å². The Labute approximate surface area is 183 Å². The smallest absolute Gasteiger partial charge is 0.245 e. The average molecular weight is 431 g/mol. The molecule has 2 aliphatic rings. The summed E-state index contributed by atoms with van der Waals surface area (Å²) in [4.78, 5) is 11.1. The van der Waals surface area contributed by atoms with Gasteiger partial charge in [0.1, 0.15) is 10.1 Å². The highest BCUT2D eigenvalue weighted by atomic mass is 32.2. The molecule has 0 unspecified atom stereocenters. The van der Waals surface area contributed by atoms with E-state index in [1.165, 1.54) is 22.9 Å². The number of hydrogen-bond donors (Lipinski definition) is 2. The monoisotopic (exact) mass is 430 g/mol. The van der Waals surface area contributed by atoms with Crippen molar-refractivity contribution >= 4 is 28.7 Å². The van der Waals surface area contributed by atoms with Gasteiger partial charge in [-0.15, -0.1) is 10.2 Å². The van der Waals surface area contributed by atoms with Crippen LogP contribution in [-0.4, -0.2) is 43.5 Å². The topological polar surface area (TPSA) is 110 Å². The van der Waals surface area contributed by atoms with E-state index in [-0.39, 0.29) is 11.5 Å². The first kappa shape index (κ1) is 18.7. The number of aromatic amines is 1. The minimum atomic E-state index is 0.113. The van der Waals surface area contributed by atoms with E-state index in [9.17, 15) is 0 Å². The van der Waals surface area contributed by atoms with E-state index in [1.807, 2.05) is 12.1 Å². The number of hydrogen-bond acceptors (Lipinski definition) is 8. The molecule has 0 saturated carbocycles. The van der Waals surface area contributed by atoms with Crippen LogP contribution < -0.4 is 10.6 Å². The molecule has 3 aromatic heterocycles. The van der Waals surface area contributed by atoms with Crippen LogP contribution in [0.4, 0.5) is 5.95 Å². The third-order valence-corrected chi connectivity index (χ3v) is 7.57. The molecule has 4 aromatic rings. The fourth-order valence-electron chi connectivity index (χ4n) is 4.92. The summed E-state index contributed by atoms with van der Waals surface area (Å²) in [6.45, 7) is 1.79. The SMILES string of the molecule is N[C@@H]1c2ccccc2CC12CCN(c1ncc(Sc3n[nH]c4ncccc34)nn1)CC2. The highest BCUT2D eigenvalue weighted by molar-refractivity contribution is 7.99. The molecule has 1 fully saturated rings. The minimum Gasteiger partial charge on any atom is -0.339 e. The lowest BCUT2D eigenvalue weighted by Gasteiger charge is -2.42. The van der Waals surface area contributed by atoms with E-state index < -0.39 is 0 Å². The van der Waals surface area contributed by atoms with Crippen molar-refractivity contribution in [3.8, 4) is 0 Å². The summed E-state index contributed by atoms with van der Waals surface area (Å²) in [5.74, 6) is 0.678. The normalized spacial score (nSPS) is 19.8. The highest BCUT2D eigenvalue weighted by Gasteiger charge is 2.46. The van der Waals surface area contributed by atoms with Gasteiger partial charge in [-0.2, -0.15) is 5.10 Å². The van der Waals surface area contributed by atoms with Crippen LogP contribution >= 0.6 is 11.8 Å². The molecule has 1 aliphatic heterocycles. The second-order valence-electron chi connectivity index (χ2n) is 8.33. The van der Waals surface area contributed by atoms with Crippen LogP contribution in [0, 0.1) is 5.41 Å². The van der Waals surface area contributed by atoms with Crippen LogP contribution in [0.5, 0.6) is 0 Å². The zero-order chi connectivity index (χ0) is 20.8. The number of nitrogens with one attached hydrogen (secondary N) is 1. The number of rotatable bonds is 3. The van der Waals surface area contributed by atoms with Gasteiger partial charge in [-0.25, -0.2) is 9.97 Å². The lowest BCUT2D eigenvalue weighted by molar-refractivity contribution is 0.186. The van der Waals surface area contributed by atoms with E-state index >= 15 is 0 Å². The highest BCUT2D eigenvalue weighted by Crippen LogP contribution is 2.50. The fourth-order valence-corrected chi connectivity index (χ4v) is 5.67. The molecule has 156 valence electrons. The van der Waals surface area contributed by atoms with Crippen LogP contribution in [0.1, 0.15) is 30.0 Å². The minimum absolute atomic E-state index is 0.113. The Bertz CT molecular complexity index is 1230. The summed E-state index contributed by atoms with van der Waals surface area (Å²) < 4.78 is 0. The first-order valence-electron chi connectivity index (χ1n) is 10.5. The molecule has 1 aromatic carbocycles. The van der Waals surface area contributed by atoms with Crippen LogP contribution in [0.25, 0.3) is 11.0 Å². The summed E-state index contributed by atoms with van der Waals surface area (Å²) in [6.07, 6.45) is 6.65. The third kappa shape index (κ3) is 3.16. The second kappa shape index (κ2) is 7.28. The van der Waals surface area contributed by atoms with Gasteiger partial charge >= 0.3 is 0 Å². The van der Waals surface area contributed by atoms with Gasteiger partial charge in [0, 0.05) is 25.3 Å². The van der Waals surface area contributed by atoms with Gasteiger partial charge in [0.15, 0.2) is 5.65 Å². The predicted molar refractivity (Wildman–Crippen MR) is 119 cm³/mol. The molecular formula is C22H22N8S. The lowest BCUT2D eigenvalue weighted by atomic mass is 9.73. The van der Waals surface area contributed by atoms with Crippen LogP contribution in [0.15, 0.2) is 58.8 Å². The first-order chi connectivity index (χ1) is 15.2. The number of piperidine rings is 1. The van der Waals surface area contributed by atoms with Crippen molar-refractivity contribution in [2.75, 3.05) is 18.0 Å². The van der Waals surface area contributed by atoms with Crippen molar-refractivity contribution in [2.24, 2.45) is 11.1 Å². The van der Waals surface area contributed by atoms with Gasteiger partial charge < -0.3 is 10.6 Å². The maximum atomic E-state index is 6.69. The Morgan fingerprint density at radius 2 is 1.94 bits per heavy atom. The number of H-pyrrole nitrogens is 1. The maximum Gasteiger partial charge on any atom is 0.245 e. The summed E-state index contributed by atoms with van der Waals surface area (Å²) in [5.41, 5.74) is 10.3. The third-order valence-electron chi connectivity index (χ3n) is 6.67. The Morgan fingerprint density at radius 1 is 1.06 bits per heavy atom. The summed E-state index contributed by atoms with van der Waals surface area (Å²) in [6, 6.07) is 12.6. The molecule has 8 nitrogen and oxygen atoms in total. The van der Waals surface area contributed by atoms with Crippen molar-refractivity contribution in [2.45, 2.75) is 35.4 Å².